The summed E-state index contributed by atoms with van der Waals surface area (Å²) in [5.41, 5.74) is 11.4. The average Bonchev–Trinajstić information content (AvgIpc) is 3.15. The first-order chi connectivity index (χ1) is 11.6. The van der Waals surface area contributed by atoms with Crippen molar-refractivity contribution in [2.45, 2.75) is 13.0 Å². The third kappa shape index (κ3) is 5.25. The summed E-state index contributed by atoms with van der Waals surface area (Å²) in [4.78, 5) is 19.3. The quantitative estimate of drug-likeness (QED) is 0.306. The van der Waals surface area contributed by atoms with Crippen molar-refractivity contribution in [2.75, 3.05) is 26.0 Å². The Hall–Kier alpha value is -2.59. The molecule has 10 heteroatoms. The Balaban J connectivity index is 2.02. The van der Waals surface area contributed by atoms with Gasteiger partial charge in [0.25, 0.3) is 0 Å². The second-order valence-corrected chi connectivity index (χ2v) is 5.76. The molecule has 2 aromatic heterocycles. The summed E-state index contributed by atoms with van der Waals surface area (Å²) >= 11 is 1.26. The number of urea groups is 1. The molecule has 0 bridgehead atoms. The Bertz CT molecular complexity index is 696. The van der Waals surface area contributed by atoms with E-state index in [2.05, 4.69) is 20.6 Å². The van der Waals surface area contributed by atoms with Crippen molar-refractivity contribution in [2.24, 2.45) is 10.7 Å². The van der Waals surface area contributed by atoms with E-state index in [1.54, 1.807) is 25.6 Å². The number of nitrogens with zero attached hydrogens (tertiary/aromatic N) is 2. The van der Waals surface area contributed by atoms with Crippen LogP contribution in [0.3, 0.4) is 0 Å². The van der Waals surface area contributed by atoms with E-state index in [9.17, 15) is 4.79 Å². The molecule has 2 aromatic rings. The summed E-state index contributed by atoms with van der Waals surface area (Å²) in [6.07, 6.45) is 2.49. The van der Waals surface area contributed by atoms with Crippen LogP contribution in [0, 0.1) is 0 Å². The summed E-state index contributed by atoms with van der Waals surface area (Å²) < 4.78 is 10.6. The molecule has 0 spiro atoms. The molecule has 9 nitrogen and oxygen atoms in total. The van der Waals surface area contributed by atoms with Gasteiger partial charge in [0.2, 0.25) is 0 Å². The van der Waals surface area contributed by atoms with Crippen molar-refractivity contribution in [1.82, 2.24) is 15.6 Å². The van der Waals surface area contributed by atoms with Crippen LogP contribution >= 0.6 is 11.3 Å². The van der Waals surface area contributed by atoms with Crippen LogP contribution in [0.2, 0.25) is 0 Å². The number of furan rings is 1. The van der Waals surface area contributed by atoms with E-state index in [1.165, 1.54) is 11.3 Å². The van der Waals surface area contributed by atoms with Gasteiger partial charge in [-0.3, -0.25) is 0 Å². The summed E-state index contributed by atoms with van der Waals surface area (Å²) in [5.74, 6) is 1.08. The third-order valence-electron chi connectivity index (χ3n) is 2.90. The van der Waals surface area contributed by atoms with Crippen molar-refractivity contribution < 1.29 is 13.9 Å². The van der Waals surface area contributed by atoms with Gasteiger partial charge in [0, 0.05) is 20.3 Å². The molecule has 2 rings (SSSR count). The second-order valence-electron chi connectivity index (χ2n) is 4.75. The number of anilines is 1. The lowest BCUT2D eigenvalue weighted by molar-refractivity contribution is 0.196. The monoisotopic (exact) mass is 352 g/mol. The maximum atomic E-state index is 10.7. The Morgan fingerprint density at radius 2 is 2.38 bits per heavy atom. The van der Waals surface area contributed by atoms with E-state index in [-0.39, 0.29) is 6.54 Å². The highest BCUT2D eigenvalue weighted by Gasteiger charge is 2.15. The largest absolute Gasteiger partial charge is 0.457 e. The third-order valence-corrected chi connectivity index (χ3v) is 3.69. The zero-order chi connectivity index (χ0) is 17.4. The highest BCUT2D eigenvalue weighted by Crippen LogP contribution is 2.37. The molecule has 0 aliphatic carbocycles. The van der Waals surface area contributed by atoms with Gasteiger partial charge in [-0.2, -0.15) is 0 Å². The van der Waals surface area contributed by atoms with Gasteiger partial charge in [-0.05, 0) is 18.6 Å². The van der Waals surface area contributed by atoms with Gasteiger partial charge in [0.15, 0.2) is 15.9 Å². The van der Waals surface area contributed by atoms with E-state index in [1.807, 2.05) is 0 Å². The molecular weight excluding hydrogens is 332 g/mol. The lowest BCUT2D eigenvalue weighted by Crippen LogP contribution is -2.28. The Kier molecular flexibility index (Phi) is 6.58. The number of rotatable bonds is 9. The number of ether oxygens (including phenoxy) is 1. The molecule has 0 saturated heterocycles. The number of thiazole rings is 1. The van der Waals surface area contributed by atoms with Gasteiger partial charge in [-0.15, -0.1) is 0 Å². The van der Waals surface area contributed by atoms with Crippen LogP contribution in [-0.2, 0) is 11.3 Å². The number of primary amides is 1. The fourth-order valence-electron chi connectivity index (χ4n) is 1.84. The fourth-order valence-corrected chi connectivity index (χ4v) is 2.52. The Morgan fingerprint density at radius 1 is 1.54 bits per heavy atom. The number of aromatic nitrogens is 1. The van der Waals surface area contributed by atoms with Gasteiger partial charge in [0.05, 0.1) is 12.9 Å². The number of carbonyl (C=O) groups excluding carboxylic acids is 1. The van der Waals surface area contributed by atoms with Crippen molar-refractivity contribution >= 4 is 33.8 Å². The predicted molar refractivity (Wildman–Crippen MR) is 93.3 cm³/mol. The molecular formula is C14H20N6O3S. The van der Waals surface area contributed by atoms with Crippen LogP contribution in [0.1, 0.15) is 12.2 Å². The van der Waals surface area contributed by atoms with Crippen LogP contribution in [0.5, 0.6) is 0 Å². The maximum Gasteiger partial charge on any atom is 0.312 e. The minimum atomic E-state index is -0.615. The first-order valence-corrected chi connectivity index (χ1v) is 8.05. The van der Waals surface area contributed by atoms with Crippen molar-refractivity contribution in [3.63, 3.8) is 0 Å². The smallest absolute Gasteiger partial charge is 0.312 e. The molecule has 130 valence electrons. The van der Waals surface area contributed by atoms with Gasteiger partial charge in [-0.25, -0.2) is 14.8 Å². The average molecular weight is 352 g/mol. The van der Waals surface area contributed by atoms with Crippen molar-refractivity contribution in [3.05, 3.63) is 17.9 Å². The number of hydrogen-bond acceptors (Lipinski definition) is 7. The standard InChI is InChI=1S/C14H20N6O3S/c1-22-6-2-5-17-8-19-12-11(20-14(16)24-12)10-4-3-9(23-10)7-18-13(15)21/h3-4,8H,2,5-7H2,1H3,(H2,16,20)(H,17,19)(H3,15,18,21). The first kappa shape index (κ1) is 17.8. The zero-order valence-corrected chi connectivity index (χ0v) is 14.1. The number of amides is 2. The van der Waals surface area contributed by atoms with E-state index in [0.717, 1.165) is 13.0 Å². The molecule has 0 saturated carbocycles. The molecule has 0 fully saturated rings. The van der Waals surface area contributed by atoms with Crippen LogP contribution in [0.25, 0.3) is 11.5 Å². The lowest BCUT2D eigenvalue weighted by Gasteiger charge is -1.99. The van der Waals surface area contributed by atoms with Gasteiger partial charge in [-0.1, -0.05) is 11.3 Å². The summed E-state index contributed by atoms with van der Waals surface area (Å²) in [6, 6.07) is 2.87. The number of carbonyl (C=O) groups is 1. The topological polar surface area (TPSA) is 141 Å². The van der Waals surface area contributed by atoms with Crippen molar-refractivity contribution in [1.29, 1.82) is 0 Å². The van der Waals surface area contributed by atoms with E-state index in [0.29, 0.717) is 34.0 Å². The van der Waals surface area contributed by atoms with Crippen LogP contribution < -0.4 is 22.1 Å². The first-order valence-electron chi connectivity index (χ1n) is 7.23. The van der Waals surface area contributed by atoms with Crippen LogP contribution in [-0.4, -0.2) is 37.6 Å². The van der Waals surface area contributed by atoms with Gasteiger partial charge >= 0.3 is 6.03 Å². The van der Waals surface area contributed by atoms with Crippen molar-refractivity contribution in [3.8, 4) is 11.5 Å². The predicted octanol–water partition coefficient (Wildman–Crippen LogP) is 1.44. The van der Waals surface area contributed by atoms with Crippen LogP contribution in [0.15, 0.2) is 21.5 Å². The highest BCUT2D eigenvalue weighted by molar-refractivity contribution is 7.19. The SMILES string of the molecule is COCCCNC=Nc1sc(N)nc1-c1ccc(CNC(N)=O)o1. The summed E-state index contributed by atoms with van der Waals surface area (Å²) in [5, 5.41) is 6.55. The maximum absolute atomic E-state index is 10.7. The number of nitrogens with one attached hydrogen (secondary N) is 2. The molecule has 2 heterocycles. The number of hydrogen-bond donors (Lipinski definition) is 4. The summed E-state index contributed by atoms with van der Waals surface area (Å²) in [6.45, 7) is 1.65. The molecule has 2 amide bonds. The number of nitrogens with two attached hydrogens (primary N) is 2. The van der Waals surface area contributed by atoms with E-state index < -0.39 is 6.03 Å². The number of methoxy groups -OCH3 is 1. The molecule has 0 radical (unpaired) electrons. The highest BCUT2D eigenvalue weighted by atomic mass is 32.1. The van der Waals surface area contributed by atoms with Gasteiger partial charge < -0.3 is 31.3 Å². The fraction of sp³-hybridized carbons (Fsp3) is 0.357. The molecule has 0 unspecified atom stereocenters. The molecule has 0 atom stereocenters. The summed E-state index contributed by atoms with van der Waals surface area (Å²) in [7, 11) is 1.66. The molecule has 6 N–H and O–H groups in total. The molecule has 24 heavy (non-hydrogen) atoms. The minimum absolute atomic E-state index is 0.203. The van der Waals surface area contributed by atoms with E-state index in [4.69, 9.17) is 20.6 Å². The van der Waals surface area contributed by atoms with Crippen LogP contribution in [0.4, 0.5) is 14.9 Å². The molecule has 0 aliphatic heterocycles. The Labute approximate surface area is 143 Å². The normalized spacial score (nSPS) is 11.0. The Morgan fingerprint density at radius 3 is 3.12 bits per heavy atom. The molecule has 0 aliphatic rings. The number of aliphatic imine (C=N–C) groups is 1. The minimum Gasteiger partial charge on any atom is -0.457 e. The second kappa shape index (κ2) is 8.89. The zero-order valence-electron chi connectivity index (χ0n) is 13.2. The van der Waals surface area contributed by atoms with Gasteiger partial charge in [0.1, 0.15) is 11.5 Å². The van der Waals surface area contributed by atoms with E-state index >= 15 is 0 Å². The number of nitrogen functional groups attached to an aromatic ring is 1. The lowest BCUT2D eigenvalue weighted by atomic mass is 10.3. The molecule has 0 aromatic carbocycles.